The Hall–Kier alpha value is -4.11. The summed E-state index contributed by atoms with van der Waals surface area (Å²) in [5.41, 5.74) is 2.43. The van der Waals surface area contributed by atoms with Crippen LogP contribution in [0.4, 0.5) is 23.1 Å². The van der Waals surface area contributed by atoms with Crippen LogP contribution in [0, 0.1) is 0 Å². The molecule has 36 heavy (non-hydrogen) atoms. The third-order valence-corrected chi connectivity index (χ3v) is 6.34. The molecule has 186 valence electrons. The van der Waals surface area contributed by atoms with Crippen LogP contribution in [0.5, 0.6) is 17.2 Å². The highest BCUT2D eigenvalue weighted by molar-refractivity contribution is 5.87. The van der Waals surface area contributed by atoms with Crippen LogP contribution in [0.2, 0.25) is 0 Å². The lowest BCUT2D eigenvalue weighted by Crippen LogP contribution is -2.46. The summed E-state index contributed by atoms with van der Waals surface area (Å²) in [6.07, 6.45) is 5.70. The molecule has 0 amide bonds. The van der Waals surface area contributed by atoms with Gasteiger partial charge in [-0.05, 0) is 57.3 Å². The van der Waals surface area contributed by atoms with E-state index in [-0.39, 0.29) is 6.10 Å². The standard InChI is InChI=1S/C27H30N6O3/c1-33(2)20-14-21(15-20)36-22-9-8-18(13-24(22)35-4)31-27-28-11-10-25(32-27)30-19-12-17-6-5-7-23(34-3)26(17)29-16-19/h5-13,16,20-21H,14-15H2,1-4H3,(H2,28,30,31,32). The number of nitrogens with zero attached hydrogens (tertiary/aromatic N) is 4. The molecule has 1 aliphatic rings. The number of methoxy groups -OCH3 is 2. The molecule has 0 spiro atoms. The lowest BCUT2D eigenvalue weighted by Gasteiger charge is -2.39. The van der Waals surface area contributed by atoms with Gasteiger partial charge in [0.25, 0.3) is 0 Å². The highest BCUT2D eigenvalue weighted by Crippen LogP contribution is 2.36. The van der Waals surface area contributed by atoms with Gasteiger partial charge in [-0.15, -0.1) is 0 Å². The fourth-order valence-corrected chi connectivity index (χ4v) is 4.21. The van der Waals surface area contributed by atoms with Crippen molar-refractivity contribution >= 4 is 34.0 Å². The normalized spacial score (nSPS) is 16.9. The molecule has 1 saturated carbocycles. The quantitative estimate of drug-likeness (QED) is 0.339. The molecule has 1 aliphatic carbocycles. The van der Waals surface area contributed by atoms with Gasteiger partial charge in [0, 0.05) is 29.4 Å². The van der Waals surface area contributed by atoms with E-state index < -0.39 is 0 Å². The van der Waals surface area contributed by atoms with Crippen LogP contribution in [0.1, 0.15) is 12.8 Å². The average molecular weight is 487 g/mol. The average Bonchev–Trinajstić information content (AvgIpc) is 2.86. The van der Waals surface area contributed by atoms with Gasteiger partial charge in [0.05, 0.1) is 26.1 Å². The molecule has 9 nitrogen and oxygen atoms in total. The Labute approximate surface area is 210 Å². The molecule has 2 aromatic carbocycles. The Morgan fingerprint density at radius 1 is 0.861 bits per heavy atom. The van der Waals surface area contributed by atoms with E-state index in [0.29, 0.717) is 23.6 Å². The first-order chi connectivity index (χ1) is 17.5. The number of aromatic nitrogens is 3. The van der Waals surface area contributed by atoms with Gasteiger partial charge in [-0.2, -0.15) is 4.98 Å². The van der Waals surface area contributed by atoms with Crippen molar-refractivity contribution < 1.29 is 14.2 Å². The Kier molecular flexibility index (Phi) is 6.73. The van der Waals surface area contributed by atoms with Crippen LogP contribution in [0.25, 0.3) is 10.9 Å². The molecule has 0 unspecified atom stereocenters. The van der Waals surface area contributed by atoms with Gasteiger partial charge in [0.15, 0.2) is 11.5 Å². The zero-order valence-corrected chi connectivity index (χ0v) is 20.9. The first-order valence-corrected chi connectivity index (χ1v) is 11.8. The molecule has 2 N–H and O–H groups in total. The summed E-state index contributed by atoms with van der Waals surface area (Å²) < 4.78 is 17.1. The van der Waals surface area contributed by atoms with E-state index in [1.165, 1.54) is 0 Å². The summed E-state index contributed by atoms with van der Waals surface area (Å²) in [5.74, 6) is 3.25. The molecule has 0 atom stereocenters. The summed E-state index contributed by atoms with van der Waals surface area (Å²) in [6.45, 7) is 0. The van der Waals surface area contributed by atoms with Crippen LogP contribution in [-0.2, 0) is 0 Å². The zero-order chi connectivity index (χ0) is 25.1. The Bertz CT molecular complexity index is 1360. The molecular formula is C27H30N6O3. The molecule has 4 aromatic rings. The molecule has 0 saturated heterocycles. The third kappa shape index (κ3) is 5.11. The van der Waals surface area contributed by atoms with Gasteiger partial charge in [0.2, 0.25) is 5.95 Å². The first kappa shape index (κ1) is 23.6. The first-order valence-electron chi connectivity index (χ1n) is 11.8. The Morgan fingerprint density at radius 2 is 1.69 bits per heavy atom. The number of pyridine rings is 1. The van der Waals surface area contributed by atoms with Crippen LogP contribution >= 0.6 is 0 Å². The summed E-state index contributed by atoms with van der Waals surface area (Å²) in [7, 11) is 7.49. The van der Waals surface area contributed by atoms with E-state index in [9.17, 15) is 0 Å². The molecule has 0 bridgehead atoms. The fraction of sp³-hybridized carbons (Fsp3) is 0.296. The molecule has 2 aromatic heterocycles. The van der Waals surface area contributed by atoms with Crippen molar-refractivity contribution in [3.05, 3.63) is 60.9 Å². The summed E-state index contributed by atoms with van der Waals surface area (Å²) in [4.78, 5) is 15.7. The number of fused-ring (bicyclic) bond motifs is 1. The predicted octanol–water partition coefficient (Wildman–Crippen LogP) is 5.00. The number of anilines is 4. The van der Waals surface area contributed by atoms with Gasteiger partial charge in [-0.3, -0.25) is 4.98 Å². The van der Waals surface area contributed by atoms with Gasteiger partial charge in [0.1, 0.15) is 23.2 Å². The van der Waals surface area contributed by atoms with Crippen molar-refractivity contribution in [2.75, 3.05) is 38.9 Å². The lowest BCUT2D eigenvalue weighted by atomic mass is 9.88. The Balaban J connectivity index is 1.27. The maximum Gasteiger partial charge on any atom is 0.229 e. The van der Waals surface area contributed by atoms with Crippen molar-refractivity contribution in [1.29, 1.82) is 0 Å². The minimum atomic E-state index is 0.210. The maximum atomic E-state index is 6.15. The van der Waals surface area contributed by atoms with Gasteiger partial charge >= 0.3 is 0 Å². The SMILES string of the molecule is COc1cc(Nc2nccc(Nc3cnc4c(OC)cccc4c3)n2)ccc1OC1CC(N(C)C)C1. The lowest BCUT2D eigenvalue weighted by molar-refractivity contribution is 0.0383. The number of hydrogen-bond acceptors (Lipinski definition) is 9. The summed E-state index contributed by atoms with van der Waals surface area (Å²) in [6, 6.07) is 16.0. The minimum Gasteiger partial charge on any atom is -0.494 e. The van der Waals surface area contributed by atoms with Crippen molar-refractivity contribution in [3.63, 3.8) is 0 Å². The largest absolute Gasteiger partial charge is 0.494 e. The van der Waals surface area contributed by atoms with Crippen LogP contribution in [0.3, 0.4) is 0 Å². The number of ether oxygens (including phenoxy) is 3. The van der Waals surface area contributed by atoms with Crippen LogP contribution in [0.15, 0.2) is 60.9 Å². The third-order valence-electron chi connectivity index (χ3n) is 6.34. The van der Waals surface area contributed by atoms with E-state index in [0.717, 1.165) is 46.6 Å². The van der Waals surface area contributed by atoms with Gasteiger partial charge < -0.3 is 29.7 Å². The van der Waals surface area contributed by atoms with Crippen LogP contribution in [-0.4, -0.2) is 60.3 Å². The van der Waals surface area contributed by atoms with E-state index in [1.807, 2.05) is 42.5 Å². The van der Waals surface area contributed by atoms with E-state index in [2.05, 4.69) is 44.6 Å². The maximum absolute atomic E-state index is 6.15. The monoisotopic (exact) mass is 486 g/mol. The number of benzene rings is 2. The second-order valence-electron chi connectivity index (χ2n) is 8.97. The molecule has 1 fully saturated rings. The number of nitrogens with one attached hydrogen (secondary N) is 2. The highest BCUT2D eigenvalue weighted by Gasteiger charge is 2.32. The number of para-hydroxylation sites is 1. The zero-order valence-electron chi connectivity index (χ0n) is 20.9. The smallest absolute Gasteiger partial charge is 0.229 e. The van der Waals surface area contributed by atoms with E-state index in [1.54, 1.807) is 32.7 Å². The van der Waals surface area contributed by atoms with Gasteiger partial charge in [-0.25, -0.2) is 4.98 Å². The van der Waals surface area contributed by atoms with E-state index >= 15 is 0 Å². The molecule has 0 radical (unpaired) electrons. The number of hydrogen-bond donors (Lipinski definition) is 2. The van der Waals surface area contributed by atoms with E-state index in [4.69, 9.17) is 14.2 Å². The van der Waals surface area contributed by atoms with Crippen molar-refractivity contribution in [1.82, 2.24) is 19.9 Å². The molecule has 5 rings (SSSR count). The second kappa shape index (κ2) is 10.2. The van der Waals surface area contributed by atoms with Crippen molar-refractivity contribution in [3.8, 4) is 17.2 Å². The number of rotatable bonds is 9. The molecule has 2 heterocycles. The topological polar surface area (TPSA) is 93.7 Å². The summed E-state index contributed by atoms with van der Waals surface area (Å²) >= 11 is 0. The molecular weight excluding hydrogens is 456 g/mol. The van der Waals surface area contributed by atoms with Crippen molar-refractivity contribution in [2.24, 2.45) is 0 Å². The second-order valence-corrected chi connectivity index (χ2v) is 8.97. The minimum absolute atomic E-state index is 0.210. The predicted molar refractivity (Wildman–Crippen MR) is 141 cm³/mol. The fourth-order valence-electron chi connectivity index (χ4n) is 4.21. The van der Waals surface area contributed by atoms with Gasteiger partial charge in [-0.1, -0.05) is 12.1 Å². The highest BCUT2D eigenvalue weighted by atomic mass is 16.5. The molecule has 9 heteroatoms. The Morgan fingerprint density at radius 3 is 2.47 bits per heavy atom. The van der Waals surface area contributed by atoms with Crippen molar-refractivity contribution in [2.45, 2.75) is 25.0 Å². The summed E-state index contributed by atoms with van der Waals surface area (Å²) in [5, 5.41) is 7.51. The molecule has 0 aliphatic heterocycles. The van der Waals surface area contributed by atoms with Crippen LogP contribution < -0.4 is 24.8 Å².